The first kappa shape index (κ1) is 37.5. The zero-order valence-electron chi connectivity index (χ0n) is 35.3. The van der Waals surface area contributed by atoms with Gasteiger partial charge in [-0.15, -0.1) is 0 Å². The second-order valence-corrected chi connectivity index (χ2v) is 16.8. The molecule has 0 aliphatic heterocycles. The predicted molar refractivity (Wildman–Crippen MR) is 270 cm³/mol. The fourth-order valence-electron chi connectivity index (χ4n) is 10.4. The summed E-state index contributed by atoms with van der Waals surface area (Å²) in [6.45, 7) is 0. The lowest BCUT2D eigenvalue weighted by atomic mass is 9.68. The predicted octanol–water partition coefficient (Wildman–Crippen LogP) is 16.8. The third-order valence-corrected chi connectivity index (χ3v) is 13.4. The van der Waals surface area contributed by atoms with Gasteiger partial charge in [0.1, 0.15) is 0 Å². The molecule has 1 heteroatoms. The molecule has 1 nitrogen and oxygen atoms in total. The van der Waals surface area contributed by atoms with Gasteiger partial charge in [-0.3, -0.25) is 0 Å². The molecule has 0 spiro atoms. The molecule has 12 rings (SSSR count). The number of fused-ring (bicyclic) bond motifs is 6. The summed E-state index contributed by atoms with van der Waals surface area (Å²) in [5.74, 6) is 0. The molecular formula is C63H43N. The highest BCUT2D eigenvalue weighted by Gasteiger charge is 2.47. The highest BCUT2D eigenvalue weighted by molar-refractivity contribution is 6.08. The van der Waals surface area contributed by atoms with Crippen LogP contribution in [0.1, 0.15) is 22.3 Å². The van der Waals surface area contributed by atoms with Gasteiger partial charge in [-0.1, -0.05) is 224 Å². The van der Waals surface area contributed by atoms with Crippen molar-refractivity contribution >= 4 is 38.6 Å². The molecule has 11 aromatic rings. The van der Waals surface area contributed by atoms with Crippen LogP contribution in [-0.2, 0) is 5.41 Å². The second-order valence-electron chi connectivity index (χ2n) is 16.8. The Bertz CT molecular complexity index is 3410. The fraction of sp³-hybridized carbons (Fsp3) is 0.0159. The normalized spacial score (nSPS) is 12.5. The Kier molecular flexibility index (Phi) is 9.13. The summed E-state index contributed by atoms with van der Waals surface area (Å²) in [6, 6.07) is 95.7. The van der Waals surface area contributed by atoms with Crippen LogP contribution in [0.5, 0.6) is 0 Å². The lowest BCUT2D eigenvalue weighted by Crippen LogP contribution is -2.28. The summed E-state index contributed by atoms with van der Waals surface area (Å²) in [4.78, 5) is 2.45. The number of rotatable bonds is 8. The molecule has 0 bridgehead atoms. The maximum Gasteiger partial charge on any atom is 0.0714 e. The molecule has 0 saturated carbocycles. The summed E-state index contributed by atoms with van der Waals surface area (Å²) < 4.78 is 0. The number of nitrogens with zero attached hydrogens (tertiary/aromatic N) is 1. The Morgan fingerprint density at radius 1 is 0.281 bits per heavy atom. The number of hydrogen-bond acceptors (Lipinski definition) is 1. The van der Waals surface area contributed by atoms with Crippen molar-refractivity contribution in [2.24, 2.45) is 0 Å². The number of benzene rings is 11. The van der Waals surface area contributed by atoms with Crippen molar-refractivity contribution < 1.29 is 0 Å². The quantitative estimate of drug-likeness (QED) is 0.138. The van der Waals surface area contributed by atoms with Gasteiger partial charge in [0.15, 0.2) is 0 Å². The second kappa shape index (κ2) is 15.6. The third kappa shape index (κ3) is 6.16. The molecule has 0 aromatic heterocycles. The molecule has 0 fully saturated rings. The van der Waals surface area contributed by atoms with Gasteiger partial charge in [-0.05, 0) is 119 Å². The van der Waals surface area contributed by atoms with Gasteiger partial charge in [-0.25, -0.2) is 0 Å². The van der Waals surface area contributed by atoms with E-state index >= 15 is 0 Å². The maximum absolute atomic E-state index is 2.45. The molecular weight excluding hydrogens is 771 g/mol. The molecule has 11 aromatic carbocycles. The molecule has 0 N–H and O–H groups in total. The molecule has 64 heavy (non-hydrogen) atoms. The van der Waals surface area contributed by atoms with E-state index in [0.717, 1.165) is 17.1 Å². The summed E-state index contributed by atoms with van der Waals surface area (Å²) in [6.07, 6.45) is 0. The van der Waals surface area contributed by atoms with E-state index in [4.69, 9.17) is 0 Å². The van der Waals surface area contributed by atoms with E-state index in [2.05, 4.69) is 266 Å². The topological polar surface area (TPSA) is 3.24 Å². The lowest BCUT2D eigenvalue weighted by molar-refractivity contribution is 0.768. The average Bonchev–Trinajstić information content (AvgIpc) is 3.69. The van der Waals surface area contributed by atoms with E-state index in [1.165, 1.54) is 88.3 Å². The molecule has 1 aliphatic rings. The summed E-state index contributed by atoms with van der Waals surface area (Å²) >= 11 is 0. The Morgan fingerprint density at radius 3 is 1.38 bits per heavy atom. The minimum atomic E-state index is -0.495. The van der Waals surface area contributed by atoms with Gasteiger partial charge in [0, 0.05) is 16.9 Å². The summed E-state index contributed by atoms with van der Waals surface area (Å²) in [5, 5.41) is 5.11. The van der Waals surface area contributed by atoms with Crippen LogP contribution in [0, 0.1) is 0 Å². The summed E-state index contributed by atoms with van der Waals surface area (Å²) in [7, 11) is 0. The molecule has 0 unspecified atom stereocenters. The van der Waals surface area contributed by atoms with Crippen molar-refractivity contribution in [2.45, 2.75) is 5.41 Å². The van der Waals surface area contributed by atoms with Gasteiger partial charge in [0.25, 0.3) is 0 Å². The van der Waals surface area contributed by atoms with E-state index < -0.39 is 5.41 Å². The van der Waals surface area contributed by atoms with Crippen LogP contribution >= 0.6 is 0 Å². The molecule has 0 amide bonds. The van der Waals surface area contributed by atoms with E-state index in [1.807, 2.05) is 0 Å². The maximum atomic E-state index is 2.45. The minimum absolute atomic E-state index is 0.495. The minimum Gasteiger partial charge on any atom is -0.310 e. The molecule has 0 radical (unpaired) electrons. The molecule has 1 aliphatic carbocycles. The molecule has 300 valence electrons. The van der Waals surface area contributed by atoms with Crippen LogP contribution < -0.4 is 4.90 Å². The Morgan fingerprint density at radius 2 is 0.734 bits per heavy atom. The van der Waals surface area contributed by atoms with Gasteiger partial charge in [0.2, 0.25) is 0 Å². The van der Waals surface area contributed by atoms with Crippen molar-refractivity contribution in [3.8, 4) is 44.5 Å². The Balaban J connectivity index is 0.970. The first-order valence-corrected chi connectivity index (χ1v) is 22.2. The van der Waals surface area contributed by atoms with Crippen LogP contribution in [0.15, 0.2) is 261 Å². The first-order valence-electron chi connectivity index (χ1n) is 22.2. The zero-order valence-corrected chi connectivity index (χ0v) is 35.3. The highest BCUT2D eigenvalue weighted by atomic mass is 15.1. The lowest BCUT2D eigenvalue weighted by Gasteiger charge is -2.34. The standard InChI is InChI=1S/C63H43N/c1-4-15-44(16-5-1)46-33-38-54(39-34-46)64(61-26-14-25-60-62(61)58-23-12-13-24-59(58)63(60,52-18-6-2-7-19-52)53-20-8-3-9-21-53)55-40-35-47(36-41-55)45-27-29-48(30-28-45)50-37-42-57-51(43-50)32-31-49-17-10-11-22-56(49)57/h1-43H. The summed E-state index contributed by atoms with van der Waals surface area (Å²) in [5.41, 5.74) is 17.6. The smallest absolute Gasteiger partial charge is 0.0714 e. The van der Waals surface area contributed by atoms with Crippen molar-refractivity contribution in [1.29, 1.82) is 0 Å². The third-order valence-electron chi connectivity index (χ3n) is 13.4. The van der Waals surface area contributed by atoms with Gasteiger partial charge in [-0.2, -0.15) is 0 Å². The van der Waals surface area contributed by atoms with Gasteiger partial charge < -0.3 is 4.90 Å². The van der Waals surface area contributed by atoms with Crippen molar-refractivity contribution in [1.82, 2.24) is 0 Å². The number of hydrogen-bond donors (Lipinski definition) is 0. The van der Waals surface area contributed by atoms with E-state index in [-0.39, 0.29) is 0 Å². The average molecular weight is 814 g/mol. The van der Waals surface area contributed by atoms with Crippen LogP contribution in [0.3, 0.4) is 0 Å². The van der Waals surface area contributed by atoms with Crippen LogP contribution in [0.4, 0.5) is 17.1 Å². The van der Waals surface area contributed by atoms with Crippen LogP contribution in [0.2, 0.25) is 0 Å². The SMILES string of the molecule is c1ccc(-c2ccc(N(c3ccc(-c4ccc(-c5ccc6c(ccc7ccccc76)c5)cc4)cc3)c3cccc4c3-c3ccccc3C4(c3ccccc3)c3ccccc3)cc2)cc1. The molecule has 0 saturated heterocycles. The largest absolute Gasteiger partial charge is 0.310 e. The zero-order chi connectivity index (χ0) is 42.5. The van der Waals surface area contributed by atoms with Crippen molar-refractivity contribution in [3.05, 3.63) is 283 Å². The fourth-order valence-corrected chi connectivity index (χ4v) is 10.4. The van der Waals surface area contributed by atoms with E-state index in [9.17, 15) is 0 Å². The van der Waals surface area contributed by atoms with Gasteiger partial charge in [0.05, 0.1) is 11.1 Å². The molecule has 0 atom stereocenters. The Labute approximate surface area is 374 Å². The molecule has 0 heterocycles. The van der Waals surface area contributed by atoms with Crippen molar-refractivity contribution in [3.63, 3.8) is 0 Å². The number of anilines is 3. The van der Waals surface area contributed by atoms with Gasteiger partial charge >= 0.3 is 0 Å². The van der Waals surface area contributed by atoms with Crippen LogP contribution in [0.25, 0.3) is 66.1 Å². The highest BCUT2D eigenvalue weighted by Crippen LogP contribution is 2.59. The van der Waals surface area contributed by atoms with E-state index in [1.54, 1.807) is 0 Å². The first-order chi connectivity index (χ1) is 31.7. The monoisotopic (exact) mass is 813 g/mol. The van der Waals surface area contributed by atoms with E-state index in [0.29, 0.717) is 0 Å². The van der Waals surface area contributed by atoms with Crippen molar-refractivity contribution in [2.75, 3.05) is 4.90 Å². The van der Waals surface area contributed by atoms with Crippen LogP contribution in [-0.4, -0.2) is 0 Å². The Hall–Kier alpha value is -8.26.